The van der Waals surface area contributed by atoms with Gasteiger partial charge >= 0.3 is 0 Å². The summed E-state index contributed by atoms with van der Waals surface area (Å²) in [7, 11) is 1.95. The molecule has 1 aromatic rings. The normalized spacial score (nSPS) is 24.3. The van der Waals surface area contributed by atoms with E-state index in [1.54, 1.807) is 0 Å². The predicted molar refractivity (Wildman–Crippen MR) is 78.7 cm³/mol. The molecule has 0 amide bonds. The zero-order valence-corrected chi connectivity index (χ0v) is 11.8. The number of aromatic nitrogens is 2. The third-order valence-electron chi connectivity index (χ3n) is 4.37. The molecule has 104 valence electrons. The van der Waals surface area contributed by atoms with Gasteiger partial charge in [-0.15, -0.1) is 0 Å². The summed E-state index contributed by atoms with van der Waals surface area (Å²) in [6.45, 7) is 1.10. The van der Waals surface area contributed by atoms with Gasteiger partial charge in [0.1, 0.15) is 5.82 Å². The average molecular weight is 260 g/mol. The number of nitrogens with zero attached hydrogens (tertiary/aromatic N) is 2. The zero-order chi connectivity index (χ0) is 13.2. The minimum absolute atomic E-state index is 0.384. The van der Waals surface area contributed by atoms with Crippen molar-refractivity contribution in [3.8, 4) is 0 Å². The van der Waals surface area contributed by atoms with Gasteiger partial charge in [0.05, 0.1) is 11.7 Å². The van der Waals surface area contributed by atoms with Crippen LogP contribution in [0.2, 0.25) is 0 Å². The van der Waals surface area contributed by atoms with E-state index in [0.29, 0.717) is 6.04 Å². The fourth-order valence-electron chi connectivity index (χ4n) is 3.28. The van der Waals surface area contributed by atoms with E-state index in [0.717, 1.165) is 18.8 Å². The third kappa shape index (κ3) is 2.41. The van der Waals surface area contributed by atoms with E-state index in [1.807, 2.05) is 11.7 Å². The van der Waals surface area contributed by atoms with Crippen molar-refractivity contribution in [2.45, 2.75) is 51.0 Å². The smallest absolute Gasteiger partial charge is 0.129 e. The molecule has 1 unspecified atom stereocenters. The Morgan fingerprint density at radius 1 is 1.32 bits per heavy atom. The van der Waals surface area contributed by atoms with Gasteiger partial charge in [0.15, 0.2) is 0 Å². The van der Waals surface area contributed by atoms with Crippen LogP contribution in [0.15, 0.2) is 6.08 Å². The molecule has 2 heterocycles. The topological polar surface area (TPSA) is 55.9 Å². The Morgan fingerprint density at radius 3 is 2.89 bits per heavy atom. The van der Waals surface area contributed by atoms with Crippen molar-refractivity contribution >= 4 is 11.4 Å². The van der Waals surface area contributed by atoms with Crippen LogP contribution in [-0.4, -0.2) is 16.3 Å². The lowest BCUT2D eigenvalue weighted by molar-refractivity contribution is 0.402. The molecule has 4 nitrogen and oxygen atoms in total. The van der Waals surface area contributed by atoms with Gasteiger partial charge in [-0.3, -0.25) is 4.68 Å². The number of allylic oxidation sites excluding steroid dienone is 2. The van der Waals surface area contributed by atoms with E-state index < -0.39 is 0 Å². The van der Waals surface area contributed by atoms with E-state index in [2.05, 4.69) is 11.4 Å². The Balaban J connectivity index is 1.98. The molecule has 0 aromatic carbocycles. The standard InChI is InChI=1S/C15H24N4/c1-19-15(16)13(11-7-3-2-4-8-11)14(18-19)12-9-5-6-10-17-12/h7,12,17H,2-6,8-10,16H2,1H3. The van der Waals surface area contributed by atoms with E-state index in [4.69, 9.17) is 10.8 Å². The van der Waals surface area contributed by atoms with Gasteiger partial charge in [0, 0.05) is 12.6 Å². The summed E-state index contributed by atoms with van der Waals surface area (Å²) >= 11 is 0. The molecule has 1 fully saturated rings. The number of anilines is 1. The second kappa shape index (κ2) is 5.37. The summed E-state index contributed by atoms with van der Waals surface area (Å²) in [5, 5.41) is 8.29. The maximum Gasteiger partial charge on any atom is 0.129 e. The molecule has 0 saturated carbocycles. The minimum Gasteiger partial charge on any atom is -0.383 e. The molecule has 3 N–H and O–H groups in total. The summed E-state index contributed by atoms with van der Waals surface area (Å²) in [5.74, 6) is 0.829. The zero-order valence-electron chi connectivity index (χ0n) is 11.8. The highest BCUT2D eigenvalue weighted by Gasteiger charge is 2.26. The van der Waals surface area contributed by atoms with Gasteiger partial charge in [-0.05, 0) is 50.6 Å². The van der Waals surface area contributed by atoms with Gasteiger partial charge in [-0.25, -0.2) is 0 Å². The lowest BCUT2D eigenvalue weighted by Crippen LogP contribution is -2.28. The molecule has 1 aliphatic carbocycles. The Kier molecular flexibility index (Phi) is 3.60. The van der Waals surface area contributed by atoms with Crippen LogP contribution >= 0.6 is 0 Å². The number of hydrogen-bond donors (Lipinski definition) is 2. The fourth-order valence-corrected chi connectivity index (χ4v) is 3.28. The molecular weight excluding hydrogens is 236 g/mol. The van der Waals surface area contributed by atoms with Crippen molar-refractivity contribution in [3.05, 3.63) is 17.3 Å². The van der Waals surface area contributed by atoms with Gasteiger partial charge < -0.3 is 11.1 Å². The lowest BCUT2D eigenvalue weighted by atomic mass is 9.90. The molecule has 1 saturated heterocycles. The highest BCUT2D eigenvalue weighted by atomic mass is 15.3. The van der Waals surface area contributed by atoms with Gasteiger partial charge in [-0.1, -0.05) is 12.5 Å². The van der Waals surface area contributed by atoms with Crippen molar-refractivity contribution < 1.29 is 0 Å². The largest absolute Gasteiger partial charge is 0.383 e. The van der Waals surface area contributed by atoms with Crippen molar-refractivity contribution in [2.24, 2.45) is 7.05 Å². The predicted octanol–water partition coefficient (Wildman–Crippen LogP) is 2.77. The summed E-state index contributed by atoms with van der Waals surface area (Å²) in [5.41, 5.74) is 10.1. The molecule has 0 radical (unpaired) electrons. The van der Waals surface area contributed by atoms with Crippen LogP contribution < -0.4 is 11.1 Å². The number of nitrogens with two attached hydrogens (primary N) is 1. The van der Waals surface area contributed by atoms with Crippen LogP contribution in [0.1, 0.15) is 62.2 Å². The first-order valence-corrected chi connectivity index (χ1v) is 7.52. The van der Waals surface area contributed by atoms with Crippen LogP contribution in [0, 0.1) is 0 Å². The molecule has 1 aromatic heterocycles. The molecular formula is C15H24N4. The molecule has 4 heteroatoms. The fraction of sp³-hybridized carbons (Fsp3) is 0.667. The highest BCUT2D eigenvalue weighted by molar-refractivity contribution is 5.76. The minimum atomic E-state index is 0.384. The van der Waals surface area contributed by atoms with E-state index in [-0.39, 0.29) is 0 Å². The summed E-state index contributed by atoms with van der Waals surface area (Å²) in [4.78, 5) is 0. The van der Waals surface area contributed by atoms with E-state index in [1.165, 1.54) is 55.4 Å². The van der Waals surface area contributed by atoms with Crippen LogP contribution in [-0.2, 0) is 7.05 Å². The SMILES string of the molecule is Cn1nc(C2CCCCN2)c(C2=CCCCC2)c1N. The summed E-state index contributed by atoms with van der Waals surface area (Å²) in [6, 6.07) is 0.384. The van der Waals surface area contributed by atoms with E-state index in [9.17, 15) is 0 Å². The van der Waals surface area contributed by atoms with Crippen molar-refractivity contribution in [1.82, 2.24) is 15.1 Å². The maximum atomic E-state index is 6.27. The molecule has 19 heavy (non-hydrogen) atoms. The third-order valence-corrected chi connectivity index (χ3v) is 4.37. The number of nitrogens with one attached hydrogen (secondary N) is 1. The van der Waals surface area contributed by atoms with Crippen LogP contribution in [0.4, 0.5) is 5.82 Å². The highest BCUT2D eigenvalue weighted by Crippen LogP contribution is 2.36. The second-order valence-electron chi connectivity index (χ2n) is 5.75. The summed E-state index contributed by atoms with van der Waals surface area (Å²) < 4.78 is 1.84. The van der Waals surface area contributed by atoms with Crippen molar-refractivity contribution in [1.29, 1.82) is 0 Å². The maximum absolute atomic E-state index is 6.27. The number of rotatable bonds is 2. The van der Waals surface area contributed by atoms with E-state index >= 15 is 0 Å². The van der Waals surface area contributed by atoms with Crippen LogP contribution in [0.5, 0.6) is 0 Å². The number of piperidine rings is 1. The number of nitrogen functional groups attached to an aromatic ring is 1. The number of hydrogen-bond acceptors (Lipinski definition) is 3. The first kappa shape index (κ1) is 12.7. The molecule has 1 atom stereocenters. The van der Waals surface area contributed by atoms with Crippen LogP contribution in [0.25, 0.3) is 5.57 Å². The Bertz CT molecular complexity index is 481. The monoisotopic (exact) mass is 260 g/mol. The van der Waals surface area contributed by atoms with Gasteiger partial charge in [0.2, 0.25) is 0 Å². The Hall–Kier alpha value is -1.29. The van der Waals surface area contributed by atoms with Gasteiger partial charge in [0.25, 0.3) is 0 Å². The molecule has 3 rings (SSSR count). The lowest BCUT2D eigenvalue weighted by Gasteiger charge is -2.24. The van der Waals surface area contributed by atoms with Gasteiger partial charge in [-0.2, -0.15) is 5.10 Å². The summed E-state index contributed by atoms with van der Waals surface area (Å²) in [6.07, 6.45) is 11.0. The Labute approximate surface area is 115 Å². The van der Waals surface area contributed by atoms with Crippen LogP contribution in [0.3, 0.4) is 0 Å². The first-order valence-electron chi connectivity index (χ1n) is 7.52. The molecule has 0 spiro atoms. The first-order chi connectivity index (χ1) is 9.27. The van der Waals surface area contributed by atoms with Crippen molar-refractivity contribution in [2.75, 3.05) is 12.3 Å². The molecule has 0 bridgehead atoms. The Morgan fingerprint density at radius 2 is 2.21 bits per heavy atom. The number of aryl methyl sites for hydroxylation is 1. The quantitative estimate of drug-likeness (QED) is 0.859. The molecule has 2 aliphatic rings. The second-order valence-corrected chi connectivity index (χ2v) is 5.75. The average Bonchev–Trinajstić information content (AvgIpc) is 2.77. The van der Waals surface area contributed by atoms with Crippen molar-refractivity contribution in [3.63, 3.8) is 0 Å². The molecule has 1 aliphatic heterocycles.